The third-order valence-corrected chi connectivity index (χ3v) is 5.78. The maximum Gasteiger partial charge on any atom is 0.338 e. The first-order chi connectivity index (χ1) is 13.5. The van der Waals surface area contributed by atoms with Crippen molar-refractivity contribution in [1.82, 2.24) is 0 Å². The number of fused-ring (bicyclic) bond motifs is 2. The first kappa shape index (κ1) is 17.4. The Morgan fingerprint density at radius 1 is 0.714 bits per heavy atom. The molecule has 4 aliphatic rings. The molecule has 28 heavy (non-hydrogen) atoms. The van der Waals surface area contributed by atoms with Crippen molar-refractivity contribution in [2.45, 2.75) is 39.3 Å². The highest BCUT2D eigenvalue weighted by Crippen LogP contribution is 2.37. The van der Waals surface area contributed by atoms with Crippen LogP contribution in [0.25, 0.3) is 0 Å². The molecule has 2 unspecified atom stereocenters. The number of hydrogen-bond donors (Lipinski definition) is 0. The van der Waals surface area contributed by atoms with Crippen LogP contribution < -0.4 is 0 Å². The minimum Gasteiger partial charge on any atom is -0.457 e. The molecule has 0 bridgehead atoms. The number of carbonyl (C=O) groups excluding carboxylic acids is 2. The van der Waals surface area contributed by atoms with Gasteiger partial charge in [-0.25, -0.2) is 9.59 Å². The predicted octanol–water partition coefficient (Wildman–Crippen LogP) is 3.47. The number of benzene rings is 2. The molecule has 4 heterocycles. The van der Waals surface area contributed by atoms with Crippen molar-refractivity contribution in [3.8, 4) is 0 Å². The van der Waals surface area contributed by atoms with Gasteiger partial charge in [-0.1, -0.05) is 12.1 Å². The second-order valence-electron chi connectivity index (χ2n) is 7.41. The Bertz CT molecular complexity index is 919. The Labute approximate surface area is 162 Å². The zero-order valence-electron chi connectivity index (χ0n) is 15.7. The fourth-order valence-electron chi connectivity index (χ4n) is 3.89. The molecule has 2 fully saturated rings. The van der Waals surface area contributed by atoms with Crippen LogP contribution in [0.3, 0.4) is 0 Å². The first-order valence-electron chi connectivity index (χ1n) is 9.36. The van der Waals surface area contributed by atoms with E-state index in [2.05, 4.69) is 0 Å². The molecule has 144 valence electrons. The maximum atomic E-state index is 11.3. The van der Waals surface area contributed by atoms with Crippen LogP contribution in [0.15, 0.2) is 24.3 Å². The summed E-state index contributed by atoms with van der Waals surface area (Å²) in [6.45, 7) is 6.49. The van der Waals surface area contributed by atoms with E-state index in [-0.39, 0.29) is 24.1 Å². The average molecular weight is 380 g/mol. The van der Waals surface area contributed by atoms with Crippen LogP contribution in [-0.4, -0.2) is 25.2 Å². The van der Waals surface area contributed by atoms with Gasteiger partial charge in [0.05, 0.1) is 24.3 Å². The number of hydrogen-bond acceptors (Lipinski definition) is 6. The highest BCUT2D eigenvalue weighted by molar-refractivity contribution is 5.94. The summed E-state index contributed by atoms with van der Waals surface area (Å²) in [5.41, 5.74) is 8.18. The molecule has 0 saturated carbocycles. The first-order valence-corrected chi connectivity index (χ1v) is 9.36. The monoisotopic (exact) mass is 380 g/mol. The number of ether oxygens (including phenoxy) is 4. The third kappa shape index (κ3) is 2.89. The van der Waals surface area contributed by atoms with E-state index in [9.17, 15) is 9.59 Å². The van der Waals surface area contributed by atoms with Crippen LogP contribution in [-0.2, 0) is 32.2 Å². The van der Waals surface area contributed by atoms with Gasteiger partial charge < -0.3 is 18.9 Å². The van der Waals surface area contributed by atoms with Crippen LogP contribution in [0.1, 0.15) is 66.3 Å². The smallest absolute Gasteiger partial charge is 0.338 e. The molecule has 2 aromatic rings. The molecule has 2 aromatic carbocycles. The molecule has 2 atom stereocenters. The normalized spacial score (nSPS) is 23.2. The summed E-state index contributed by atoms with van der Waals surface area (Å²) in [7, 11) is 0. The molecule has 0 radical (unpaired) electrons. The van der Waals surface area contributed by atoms with E-state index in [0.717, 1.165) is 35.5 Å². The van der Waals surface area contributed by atoms with Gasteiger partial charge in [-0.05, 0) is 48.2 Å². The summed E-state index contributed by atoms with van der Waals surface area (Å²) in [5.74, 6) is -0.405. The van der Waals surface area contributed by atoms with Crippen LogP contribution in [0.4, 0.5) is 0 Å². The Hall–Kier alpha value is -2.70. The predicted molar refractivity (Wildman–Crippen MR) is 98.0 cm³/mol. The number of carbonyl (C=O) groups is 2. The number of rotatable bonds is 2. The van der Waals surface area contributed by atoms with Crippen LogP contribution in [0, 0.1) is 13.8 Å². The Morgan fingerprint density at radius 3 is 1.46 bits per heavy atom. The lowest BCUT2D eigenvalue weighted by Gasteiger charge is -2.05. The zero-order valence-corrected chi connectivity index (χ0v) is 15.7. The van der Waals surface area contributed by atoms with E-state index in [1.54, 1.807) is 0 Å². The van der Waals surface area contributed by atoms with E-state index in [1.807, 2.05) is 38.1 Å². The lowest BCUT2D eigenvalue weighted by Crippen LogP contribution is -1.96. The Balaban J connectivity index is 0.000000122. The molecule has 4 aliphatic heterocycles. The van der Waals surface area contributed by atoms with Gasteiger partial charge in [0, 0.05) is 11.1 Å². The van der Waals surface area contributed by atoms with Crippen LogP contribution in [0.5, 0.6) is 0 Å². The lowest BCUT2D eigenvalue weighted by molar-refractivity contribution is 0.0526. The molecule has 0 amide bonds. The summed E-state index contributed by atoms with van der Waals surface area (Å²) in [6, 6.07) is 7.63. The fourth-order valence-corrected chi connectivity index (χ4v) is 3.89. The van der Waals surface area contributed by atoms with Crippen LogP contribution in [0.2, 0.25) is 0 Å². The fraction of sp³-hybridized carbons (Fsp3) is 0.364. The molecule has 2 saturated heterocycles. The molecule has 0 spiro atoms. The van der Waals surface area contributed by atoms with E-state index in [1.165, 1.54) is 11.1 Å². The molecule has 6 heteroatoms. The van der Waals surface area contributed by atoms with Gasteiger partial charge in [-0.3, -0.25) is 0 Å². The van der Waals surface area contributed by atoms with Gasteiger partial charge in [0.1, 0.15) is 25.4 Å². The molecule has 0 aliphatic carbocycles. The summed E-state index contributed by atoms with van der Waals surface area (Å²) in [4.78, 5) is 22.5. The van der Waals surface area contributed by atoms with Crippen molar-refractivity contribution < 1.29 is 28.5 Å². The number of epoxide rings is 2. The van der Waals surface area contributed by atoms with Gasteiger partial charge >= 0.3 is 11.9 Å². The molecule has 0 aromatic heterocycles. The molecule has 6 rings (SSSR count). The highest BCUT2D eigenvalue weighted by atomic mass is 16.6. The average Bonchev–Trinajstić information content (AvgIpc) is 3.61. The Morgan fingerprint density at radius 2 is 1.11 bits per heavy atom. The standard InChI is InChI=1S/2C11H10O3/c2*1-6-7(10-5-13-10)2-3-8-9(6)4-14-11(8)12/h2*2-3,10H,4-5H2,1H3. The van der Waals surface area contributed by atoms with Crippen molar-refractivity contribution in [1.29, 1.82) is 0 Å². The van der Waals surface area contributed by atoms with Gasteiger partial charge in [0.25, 0.3) is 0 Å². The maximum absolute atomic E-state index is 11.3. The van der Waals surface area contributed by atoms with Crippen molar-refractivity contribution in [3.05, 3.63) is 68.8 Å². The van der Waals surface area contributed by atoms with Gasteiger partial charge in [-0.15, -0.1) is 0 Å². The second kappa shape index (κ2) is 6.43. The Kier molecular flexibility index (Phi) is 4.00. The molecule has 0 N–H and O–H groups in total. The summed E-state index contributed by atoms with van der Waals surface area (Å²) in [5, 5.41) is 0. The topological polar surface area (TPSA) is 77.7 Å². The lowest BCUT2D eigenvalue weighted by atomic mass is 9.97. The number of cyclic esters (lactones) is 2. The van der Waals surface area contributed by atoms with Crippen LogP contribution >= 0.6 is 0 Å². The largest absolute Gasteiger partial charge is 0.457 e. The zero-order chi connectivity index (χ0) is 19.4. The summed E-state index contributed by atoms with van der Waals surface area (Å²) >= 11 is 0. The SMILES string of the molecule is Cc1c(C2CO2)ccc2c1COC2=O.Cc1c(C2CO2)ccc2c1COC2=O. The van der Waals surface area contributed by atoms with Crippen molar-refractivity contribution >= 4 is 11.9 Å². The second-order valence-corrected chi connectivity index (χ2v) is 7.41. The van der Waals surface area contributed by atoms with E-state index in [0.29, 0.717) is 24.3 Å². The van der Waals surface area contributed by atoms with E-state index < -0.39 is 0 Å². The molecular formula is C22H20O6. The van der Waals surface area contributed by atoms with E-state index >= 15 is 0 Å². The van der Waals surface area contributed by atoms with Gasteiger partial charge in [0.15, 0.2) is 0 Å². The van der Waals surface area contributed by atoms with Gasteiger partial charge in [0.2, 0.25) is 0 Å². The van der Waals surface area contributed by atoms with Crippen molar-refractivity contribution in [2.75, 3.05) is 13.2 Å². The minimum atomic E-state index is -0.202. The molecule has 6 nitrogen and oxygen atoms in total. The van der Waals surface area contributed by atoms with E-state index in [4.69, 9.17) is 18.9 Å². The van der Waals surface area contributed by atoms with Crippen molar-refractivity contribution in [2.24, 2.45) is 0 Å². The third-order valence-electron chi connectivity index (χ3n) is 5.78. The molecular weight excluding hydrogens is 360 g/mol. The minimum absolute atomic E-state index is 0.202. The summed E-state index contributed by atoms with van der Waals surface area (Å²) < 4.78 is 20.4. The number of esters is 2. The quantitative estimate of drug-likeness (QED) is 0.586. The van der Waals surface area contributed by atoms with Crippen molar-refractivity contribution in [3.63, 3.8) is 0 Å². The highest BCUT2D eigenvalue weighted by Gasteiger charge is 2.32. The summed E-state index contributed by atoms with van der Waals surface area (Å²) in [6.07, 6.45) is 0.493. The van der Waals surface area contributed by atoms with Gasteiger partial charge in [-0.2, -0.15) is 0 Å².